The van der Waals surface area contributed by atoms with Gasteiger partial charge in [0, 0.05) is 11.7 Å². The Morgan fingerprint density at radius 2 is 2.29 bits per heavy atom. The van der Waals surface area contributed by atoms with E-state index in [2.05, 4.69) is 5.32 Å². The second-order valence-corrected chi connectivity index (χ2v) is 5.24. The Hall–Kier alpha value is -1.35. The van der Waals surface area contributed by atoms with E-state index in [1.54, 1.807) is 0 Å². The number of hydrogen-bond donors (Lipinski definition) is 2. The maximum atomic E-state index is 12.3. The number of hydrogen-bond acceptors (Lipinski definition) is 2. The molecule has 1 aliphatic rings. The van der Waals surface area contributed by atoms with E-state index in [4.69, 9.17) is 5.73 Å². The van der Waals surface area contributed by atoms with E-state index in [1.807, 2.05) is 38.1 Å². The van der Waals surface area contributed by atoms with Crippen molar-refractivity contribution in [2.75, 3.05) is 5.32 Å². The zero-order valence-electron chi connectivity index (χ0n) is 10.5. The number of rotatable bonds is 2. The summed E-state index contributed by atoms with van der Waals surface area (Å²) in [6, 6.07) is 7.82. The van der Waals surface area contributed by atoms with Crippen LogP contribution in [0.4, 0.5) is 5.69 Å². The second-order valence-electron chi connectivity index (χ2n) is 5.24. The van der Waals surface area contributed by atoms with E-state index in [9.17, 15) is 4.79 Å². The van der Waals surface area contributed by atoms with Gasteiger partial charge in [-0.15, -0.1) is 0 Å². The molecule has 0 aromatic heterocycles. The van der Waals surface area contributed by atoms with Crippen LogP contribution in [0.1, 0.15) is 31.7 Å². The van der Waals surface area contributed by atoms with Gasteiger partial charge in [-0.25, -0.2) is 0 Å². The standard InChI is InChI=1S/C14H20N2O/c1-10-5-3-6-11(9-10)16-13(17)14(2)8-4-7-12(14)15/h3,5-6,9,12H,4,7-8,15H2,1-2H3,(H,16,17). The van der Waals surface area contributed by atoms with Gasteiger partial charge in [0.25, 0.3) is 0 Å². The lowest BCUT2D eigenvalue weighted by Crippen LogP contribution is -2.44. The summed E-state index contributed by atoms with van der Waals surface area (Å²) in [5.74, 6) is 0.0492. The molecule has 2 unspecified atom stereocenters. The minimum atomic E-state index is -0.413. The molecule has 2 rings (SSSR count). The van der Waals surface area contributed by atoms with Crippen LogP contribution in [0.5, 0.6) is 0 Å². The van der Waals surface area contributed by atoms with Crippen LogP contribution in [0, 0.1) is 12.3 Å². The Labute approximate surface area is 102 Å². The van der Waals surface area contributed by atoms with E-state index < -0.39 is 5.41 Å². The van der Waals surface area contributed by atoms with Crippen molar-refractivity contribution < 1.29 is 4.79 Å². The maximum absolute atomic E-state index is 12.3. The molecule has 0 spiro atoms. The first-order valence-electron chi connectivity index (χ1n) is 6.16. The molecule has 1 fully saturated rings. The summed E-state index contributed by atoms with van der Waals surface area (Å²) < 4.78 is 0. The van der Waals surface area contributed by atoms with E-state index in [-0.39, 0.29) is 11.9 Å². The number of carbonyl (C=O) groups is 1. The molecule has 3 N–H and O–H groups in total. The largest absolute Gasteiger partial charge is 0.327 e. The lowest BCUT2D eigenvalue weighted by atomic mass is 9.84. The van der Waals surface area contributed by atoms with Gasteiger partial charge in [-0.3, -0.25) is 4.79 Å². The highest BCUT2D eigenvalue weighted by atomic mass is 16.2. The molecule has 3 heteroatoms. The monoisotopic (exact) mass is 232 g/mol. The molecule has 1 aromatic rings. The Kier molecular flexibility index (Phi) is 3.20. The van der Waals surface area contributed by atoms with Crippen LogP contribution in [0.2, 0.25) is 0 Å². The number of nitrogens with two attached hydrogens (primary N) is 1. The fourth-order valence-corrected chi connectivity index (χ4v) is 2.47. The molecule has 1 aliphatic carbocycles. The third kappa shape index (κ3) is 2.34. The normalized spacial score (nSPS) is 28.1. The molecule has 0 heterocycles. The third-order valence-electron chi connectivity index (χ3n) is 3.82. The summed E-state index contributed by atoms with van der Waals surface area (Å²) in [7, 11) is 0. The number of carbonyl (C=O) groups excluding carboxylic acids is 1. The van der Waals surface area contributed by atoms with E-state index in [0.717, 1.165) is 30.5 Å². The van der Waals surface area contributed by atoms with Crippen molar-refractivity contribution >= 4 is 11.6 Å². The van der Waals surface area contributed by atoms with E-state index >= 15 is 0 Å². The lowest BCUT2D eigenvalue weighted by molar-refractivity contribution is -0.125. The molecule has 2 atom stereocenters. The molecule has 0 aliphatic heterocycles. The fraction of sp³-hybridized carbons (Fsp3) is 0.500. The predicted molar refractivity (Wildman–Crippen MR) is 69.7 cm³/mol. The van der Waals surface area contributed by atoms with Crippen molar-refractivity contribution in [2.45, 2.75) is 39.2 Å². The molecule has 17 heavy (non-hydrogen) atoms. The summed E-state index contributed by atoms with van der Waals surface area (Å²) in [6.07, 6.45) is 2.86. The molecular formula is C14H20N2O. The zero-order chi connectivity index (χ0) is 12.5. The Balaban J connectivity index is 2.12. The Bertz CT molecular complexity index is 430. The molecule has 1 amide bonds. The second kappa shape index (κ2) is 4.49. The van der Waals surface area contributed by atoms with Gasteiger partial charge in [0.2, 0.25) is 5.91 Å². The van der Waals surface area contributed by atoms with Gasteiger partial charge in [0.05, 0.1) is 5.41 Å². The minimum absolute atomic E-state index is 0.0210. The van der Waals surface area contributed by atoms with Gasteiger partial charge in [-0.2, -0.15) is 0 Å². The van der Waals surface area contributed by atoms with Crippen LogP contribution in [0.25, 0.3) is 0 Å². The van der Waals surface area contributed by atoms with Crippen LogP contribution in [0.3, 0.4) is 0 Å². The molecule has 1 aromatic carbocycles. The maximum Gasteiger partial charge on any atom is 0.231 e. The first-order valence-corrected chi connectivity index (χ1v) is 6.16. The first-order chi connectivity index (χ1) is 8.02. The number of amides is 1. The fourth-order valence-electron chi connectivity index (χ4n) is 2.47. The van der Waals surface area contributed by atoms with Crippen molar-refractivity contribution in [1.29, 1.82) is 0 Å². The number of anilines is 1. The summed E-state index contributed by atoms with van der Waals surface area (Å²) in [5, 5.41) is 2.98. The van der Waals surface area contributed by atoms with Crippen LogP contribution in [-0.2, 0) is 4.79 Å². The molecule has 1 saturated carbocycles. The summed E-state index contributed by atoms with van der Waals surface area (Å²) in [5.41, 5.74) is 7.62. The third-order valence-corrected chi connectivity index (χ3v) is 3.82. The van der Waals surface area contributed by atoms with Crippen molar-refractivity contribution in [3.05, 3.63) is 29.8 Å². The number of benzene rings is 1. The van der Waals surface area contributed by atoms with Crippen LogP contribution >= 0.6 is 0 Å². The van der Waals surface area contributed by atoms with Gasteiger partial charge in [0.15, 0.2) is 0 Å². The highest BCUT2D eigenvalue weighted by Crippen LogP contribution is 2.37. The predicted octanol–water partition coefficient (Wildman–Crippen LogP) is 2.45. The van der Waals surface area contributed by atoms with Gasteiger partial charge >= 0.3 is 0 Å². The molecule has 0 saturated heterocycles. The lowest BCUT2D eigenvalue weighted by Gasteiger charge is -2.27. The van der Waals surface area contributed by atoms with Crippen molar-refractivity contribution in [2.24, 2.45) is 11.1 Å². The number of nitrogens with one attached hydrogen (secondary N) is 1. The van der Waals surface area contributed by atoms with Crippen LogP contribution in [0.15, 0.2) is 24.3 Å². The van der Waals surface area contributed by atoms with Crippen LogP contribution in [-0.4, -0.2) is 11.9 Å². The Morgan fingerprint density at radius 3 is 2.88 bits per heavy atom. The zero-order valence-corrected chi connectivity index (χ0v) is 10.5. The van der Waals surface area contributed by atoms with Crippen LogP contribution < -0.4 is 11.1 Å². The minimum Gasteiger partial charge on any atom is -0.327 e. The highest BCUT2D eigenvalue weighted by molar-refractivity contribution is 5.95. The van der Waals surface area contributed by atoms with Crippen molar-refractivity contribution in [1.82, 2.24) is 0 Å². The SMILES string of the molecule is Cc1cccc(NC(=O)C2(C)CCCC2N)c1. The Morgan fingerprint density at radius 1 is 1.53 bits per heavy atom. The van der Waals surface area contributed by atoms with Gasteiger partial charge in [0.1, 0.15) is 0 Å². The van der Waals surface area contributed by atoms with Gasteiger partial charge in [-0.1, -0.05) is 18.6 Å². The summed E-state index contributed by atoms with van der Waals surface area (Å²) >= 11 is 0. The molecular weight excluding hydrogens is 212 g/mol. The average Bonchev–Trinajstić information content (AvgIpc) is 2.60. The van der Waals surface area contributed by atoms with E-state index in [0.29, 0.717) is 0 Å². The van der Waals surface area contributed by atoms with Gasteiger partial charge in [-0.05, 0) is 44.4 Å². The molecule has 0 bridgehead atoms. The van der Waals surface area contributed by atoms with Gasteiger partial charge < -0.3 is 11.1 Å². The van der Waals surface area contributed by atoms with Crippen molar-refractivity contribution in [3.8, 4) is 0 Å². The van der Waals surface area contributed by atoms with E-state index in [1.165, 1.54) is 0 Å². The molecule has 92 valence electrons. The summed E-state index contributed by atoms with van der Waals surface area (Å²) in [6.45, 7) is 3.98. The molecule has 0 radical (unpaired) electrons. The molecule has 3 nitrogen and oxygen atoms in total. The van der Waals surface area contributed by atoms with Crippen molar-refractivity contribution in [3.63, 3.8) is 0 Å². The summed E-state index contributed by atoms with van der Waals surface area (Å²) in [4.78, 5) is 12.3. The smallest absolute Gasteiger partial charge is 0.231 e. The number of aryl methyl sites for hydroxylation is 1. The topological polar surface area (TPSA) is 55.1 Å². The highest BCUT2D eigenvalue weighted by Gasteiger charge is 2.42. The average molecular weight is 232 g/mol. The first kappa shape index (κ1) is 12.1. The quantitative estimate of drug-likeness (QED) is 0.823.